The highest BCUT2D eigenvalue weighted by atomic mass is 32.2. The highest BCUT2D eigenvalue weighted by molar-refractivity contribution is 7.99. The summed E-state index contributed by atoms with van der Waals surface area (Å²) in [5, 5.41) is 29.2. The molecule has 0 saturated carbocycles. The normalized spacial score (nSPS) is 31.9. The van der Waals surface area contributed by atoms with Crippen LogP contribution in [0.1, 0.15) is 74.5 Å². The van der Waals surface area contributed by atoms with Gasteiger partial charge >= 0.3 is 5.97 Å². The molecule has 1 aromatic heterocycles. The summed E-state index contributed by atoms with van der Waals surface area (Å²) >= 11 is 1.71. The second-order valence-corrected chi connectivity index (χ2v) is 16.7. The summed E-state index contributed by atoms with van der Waals surface area (Å²) in [6.45, 7) is 8.40. The van der Waals surface area contributed by atoms with Crippen LogP contribution in [0, 0.1) is 20.8 Å². The van der Waals surface area contributed by atoms with Crippen LogP contribution in [0.2, 0.25) is 0 Å². The third-order valence-electron chi connectivity index (χ3n) is 13.0. The summed E-state index contributed by atoms with van der Waals surface area (Å²) in [6.07, 6.45) is 0.426. The minimum atomic E-state index is -1.15. The van der Waals surface area contributed by atoms with E-state index in [9.17, 15) is 15.0 Å². The lowest BCUT2D eigenvalue weighted by Crippen LogP contribution is -2.70. The van der Waals surface area contributed by atoms with E-state index in [0.717, 1.165) is 67.5 Å². The zero-order valence-electron chi connectivity index (χ0n) is 30.2. The number of piperazine rings is 1. The van der Waals surface area contributed by atoms with Gasteiger partial charge in [0.05, 0.1) is 30.9 Å². The summed E-state index contributed by atoms with van der Waals surface area (Å²) < 4.78 is 24.7. The van der Waals surface area contributed by atoms with E-state index >= 15 is 0 Å². The van der Waals surface area contributed by atoms with E-state index in [-0.39, 0.29) is 54.5 Å². The number of fused-ring (bicyclic) bond motifs is 11. The van der Waals surface area contributed by atoms with E-state index in [0.29, 0.717) is 29.4 Å². The zero-order chi connectivity index (χ0) is 36.0. The topological polar surface area (TPSA) is 129 Å². The van der Waals surface area contributed by atoms with Crippen molar-refractivity contribution >= 4 is 28.6 Å². The highest BCUT2D eigenvalue weighted by Gasteiger charge is 2.61. The minimum absolute atomic E-state index is 0.00165. The molecule has 7 aliphatic heterocycles. The number of aromatic hydroxyl groups is 1. The number of nitrogens with one attached hydrogen (secondary N) is 2. The number of nitrogens with zero attached hydrogens (tertiary/aromatic N) is 2. The van der Waals surface area contributed by atoms with Crippen molar-refractivity contribution in [3.8, 4) is 23.0 Å². The molecule has 3 aromatic carbocycles. The Morgan fingerprint density at radius 2 is 1.83 bits per heavy atom. The molecule has 272 valence electrons. The Hall–Kier alpha value is -3.94. The molecule has 7 aliphatic rings. The lowest BCUT2D eigenvalue weighted by Gasteiger charge is -2.62. The van der Waals surface area contributed by atoms with Gasteiger partial charge in [0.2, 0.25) is 6.79 Å². The number of rotatable bonds is 1. The Bertz CT molecular complexity index is 2200. The van der Waals surface area contributed by atoms with Crippen LogP contribution < -0.4 is 19.5 Å². The van der Waals surface area contributed by atoms with Gasteiger partial charge in [0.15, 0.2) is 28.5 Å². The molecule has 4 aromatic rings. The van der Waals surface area contributed by atoms with Gasteiger partial charge in [-0.3, -0.25) is 15.1 Å². The maximum Gasteiger partial charge on any atom is 0.333 e. The number of H-pyrrole nitrogens is 1. The first-order valence-corrected chi connectivity index (χ1v) is 19.3. The number of esters is 1. The van der Waals surface area contributed by atoms with Crippen LogP contribution in [0.5, 0.6) is 23.0 Å². The first kappa shape index (κ1) is 32.7. The third kappa shape index (κ3) is 4.10. The smallest absolute Gasteiger partial charge is 0.333 e. The number of carbonyl (C=O) groups is 1. The third-order valence-corrected chi connectivity index (χ3v) is 14.4. The number of aromatic amines is 1. The van der Waals surface area contributed by atoms with Crippen molar-refractivity contribution < 1.29 is 34.0 Å². The monoisotopic (exact) mass is 724 g/mol. The molecular formula is C40H44N4O7S. The molecule has 12 heteroatoms. The summed E-state index contributed by atoms with van der Waals surface area (Å²) in [7, 11) is 3.65. The number of aliphatic hydroxyl groups excluding tert-OH is 1. The van der Waals surface area contributed by atoms with E-state index in [2.05, 4.69) is 66.1 Å². The van der Waals surface area contributed by atoms with E-state index in [4.69, 9.17) is 18.9 Å². The van der Waals surface area contributed by atoms with E-state index in [1.807, 2.05) is 19.1 Å². The molecule has 2 fully saturated rings. The average molecular weight is 725 g/mol. The lowest BCUT2D eigenvalue weighted by atomic mass is 9.72. The van der Waals surface area contributed by atoms with Gasteiger partial charge in [-0.25, -0.2) is 4.79 Å². The highest BCUT2D eigenvalue weighted by Crippen LogP contribution is 2.63. The summed E-state index contributed by atoms with van der Waals surface area (Å²) in [6, 6.07) is 8.92. The number of aryl methyl sites for hydroxylation is 1. The fourth-order valence-corrected chi connectivity index (χ4v) is 12.4. The quantitative estimate of drug-likeness (QED) is 0.199. The number of hydrogen-bond acceptors (Lipinski definition) is 11. The molecule has 8 atom stereocenters. The summed E-state index contributed by atoms with van der Waals surface area (Å²) in [4.78, 5) is 22.9. The second kappa shape index (κ2) is 11.3. The Morgan fingerprint density at radius 3 is 2.63 bits per heavy atom. The SMILES string of the molecule is COc1c(C)cc2c(c1O)[C@@H]1[C@@H]3[C@@H]4SC[C@]5(N[C@H](C)Cc6c5[nH]c5ccccc65)C(=O)OC[C@@H](c5c6c(c(C)c(C)c54)OCO6)N3[C@@H](O)[C@H](C2)N1C. The van der Waals surface area contributed by atoms with Gasteiger partial charge in [-0.1, -0.05) is 24.3 Å². The second-order valence-electron chi connectivity index (χ2n) is 15.5. The van der Waals surface area contributed by atoms with Crippen LogP contribution in [0.25, 0.3) is 10.9 Å². The van der Waals surface area contributed by atoms with Gasteiger partial charge in [-0.05, 0) is 87.0 Å². The fourth-order valence-electron chi connectivity index (χ4n) is 10.7. The predicted molar refractivity (Wildman–Crippen MR) is 196 cm³/mol. The van der Waals surface area contributed by atoms with Crippen molar-refractivity contribution in [1.29, 1.82) is 0 Å². The van der Waals surface area contributed by atoms with Gasteiger partial charge in [0.1, 0.15) is 12.8 Å². The molecule has 4 bridgehead atoms. The summed E-state index contributed by atoms with van der Waals surface area (Å²) in [5.41, 5.74) is 8.71. The largest absolute Gasteiger partial charge is 0.504 e. The first-order valence-electron chi connectivity index (χ1n) is 18.2. The number of carbonyl (C=O) groups excluding carboxylic acids is 1. The molecule has 52 heavy (non-hydrogen) atoms. The number of phenols is 1. The maximum atomic E-state index is 14.8. The zero-order valence-corrected chi connectivity index (χ0v) is 31.0. The van der Waals surface area contributed by atoms with Crippen molar-refractivity contribution in [3.05, 3.63) is 80.5 Å². The molecule has 0 unspecified atom stereocenters. The van der Waals surface area contributed by atoms with E-state index in [1.165, 1.54) is 0 Å². The Labute approximate surface area is 306 Å². The maximum absolute atomic E-state index is 14.8. The fraction of sp³-hybridized carbons (Fsp3) is 0.475. The van der Waals surface area contributed by atoms with E-state index < -0.39 is 17.8 Å². The van der Waals surface area contributed by atoms with Crippen LogP contribution in [0.4, 0.5) is 0 Å². The molecule has 4 N–H and O–H groups in total. The Kier molecular flexibility index (Phi) is 7.09. The summed E-state index contributed by atoms with van der Waals surface area (Å²) in [5.74, 6) is 2.02. The number of hydrogen-bond donors (Lipinski definition) is 4. The minimum Gasteiger partial charge on any atom is -0.504 e. The van der Waals surface area contributed by atoms with Gasteiger partial charge < -0.3 is 34.1 Å². The number of benzene rings is 3. The number of aromatic nitrogens is 1. The van der Waals surface area contributed by atoms with Gasteiger partial charge in [0, 0.05) is 45.1 Å². The van der Waals surface area contributed by atoms with Crippen LogP contribution in [0.3, 0.4) is 0 Å². The van der Waals surface area contributed by atoms with Gasteiger partial charge in [-0.15, -0.1) is 11.8 Å². The number of phenolic OH excluding ortho intramolecular Hbond substituents is 1. The van der Waals surface area contributed by atoms with Crippen LogP contribution in [-0.2, 0) is 27.9 Å². The van der Waals surface area contributed by atoms with Crippen molar-refractivity contribution in [2.45, 2.75) is 87.8 Å². The average Bonchev–Trinajstić information content (AvgIpc) is 3.76. The molecule has 0 radical (unpaired) electrons. The van der Waals surface area contributed by atoms with Crippen LogP contribution in [0.15, 0.2) is 30.3 Å². The van der Waals surface area contributed by atoms with Crippen molar-refractivity contribution in [2.75, 3.05) is 33.3 Å². The van der Waals surface area contributed by atoms with Gasteiger partial charge in [-0.2, -0.15) is 0 Å². The Balaban J connectivity index is 1.22. The number of likely N-dealkylation sites (N-methyl/N-ethyl adjacent to an activating group) is 1. The van der Waals surface area contributed by atoms with Crippen molar-refractivity contribution in [2.24, 2.45) is 0 Å². The molecule has 0 aliphatic carbocycles. The molecule has 2 saturated heterocycles. The molecule has 11 nitrogen and oxygen atoms in total. The van der Waals surface area contributed by atoms with Crippen LogP contribution >= 0.6 is 11.8 Å². The first-order chi connectivity index (χ1) is 25.1. The molecule has 8 heterocycles. The Morgan fingerprint density at radius 1 is 1.04 bits per heavy atom. The lowest BCUT2D eigenvalue weighted by molar-refractivity contribution is -0.186. The molecule has 0 amide bonds. The van der Waals surface area contributed by atoms with Crippen molar-refractivity contribution in [3.63, 3.8) is 0 Å². The molecule has 1 spiro atoms. The number of para-hydroxylation sites is 1. The molecular weight excluding hydrogens is 681 g/mol. The van der Waals surface area contributed by atoms with E-state index in [1.54, 1.807) is 18.9 Å². The predicted octanol–water partition coefficient (Wildman–Crippen LogP) is 4.95. The van der Waals surface area contributed by atoms with Gasteiger partial charge in [0.25, 0.3) is 0 Å². The number of aliphatic hydroxyl groups is 1. The van der Waals surface area contributed by atoms with Crippen LogP contribution in [-0.4, -0.2) is 88.6 Å². The number of thioether (sulfide) groups is 1. The number of methoxy groups -OCH3 is 1. The number of ether oxygens (including phenoxy) is 4. The van der Waals surface area contributed by atoms with Crippen molar-refractivity contribution in [1.82, 2.24) is 20.1 Å². The molecule has 11 rings (SSSR count). The standard InChI is InChI=1S/C40H44N4O7S/c1-17-11-21-13-25-38(46)44-26-14-49-39(47)40(37-23(12-18(2)42-40)22-9-7-8-10-24(22)41-37)15-52-36(27-19(3)20(4)34-35(29(26)27)51-16-50-34)31(44)30(43(25)5)28(21)32(45)33(17)48-6/h7-11,18,25-26,30-31,36,38,41-42,45-46H,12-16H2,1-6H3/t18-,25+,26+,30-,31-,36-,38+,40-/m1/s1.